The van der Waals surface area contributed by atoms with Gasteiger partial charge in [0.1, 0.15) is 6.04 Å². The second kappa shape index (κ2) is 13.9. The van der Waals surface area contributed by atoms with E-state index in [2.05, 4.69) is 5.32 Å². The number of benzene rings is 2. The maximum atomic E-state index is 13.5. The molecule has 0 saturated heterocycles. The highest BCUT2D eigenvalue weighted by molar-refractivity contribution is 7.92. The van der Waals surface area contributed by atoms with E-state index in [1.807, 2.05) is 12.1 Å². The van der Waals surface area contributed by atoms with Gasteiger partial charge in [0.2, 0.25) is 21.8 Å². The van der Waals surface area contributed by atoms with Crippen LogP contribution in [-0.2, 0) is 26.2 Å². The number of carbonyl (C=O) groups is 2. The van der Waals surface area contributed by atoms with E-state index in [9.17, 15) is 18.0 Å². The predicted molar refractivity (Wildman–Crippen MR) is 154 cm³/mol. The zero-order chi connectivity index (χ0) is 27.9. The predicted octanol–water partition coefficient (Wildman–Crippen LogP) is 6.06. The zero-order valence-corrected chi connectivity index (χ0v) is 24.7. The highest BCUT2D eigenvalue weighted by Crippen LogP contribution is 2.31. The molecule has 3 rings (SSSR count). The van der Waals surface area contributed by atoms with Gasteiger partial charge in [-0.3, -0.25) is 13.9 Å². The van der Waals surface area contributed by atoms with Crippen molar-refractivity contribution in [3.05, 3.63) is 63.1 Å². The third-order valence-corrected chi connectivity index (χ3v) is 8.85. The van der Waals surface area contributed by atoms with Crippen molar-refractivity contribution in [2.75, 3.05) is 17.1 Å². The number of halogens is 3. The molecule has 2 amide bonds. The average molecular weight is 603 g/mol. The zero-order valence-electron chi connectivity index (χ0n) is 21.6. The van der Waals surface area contributed by atoms with E-state index < -0.39 is 16.1 Å². The first-order valence-electron chi connectivity index (χ1n) is 12.7. The summed E-state index contributed by atoms with van der Waals surface area (Å²) in [5.74, 6) is -0.484. The minimum absolute atomic E-state index is 0.0211. The second-order valence-electron chi connectivity index (χ2n) is 9.67. The molecule has 1 atom stereocenters. The first kappa shape index (κ1) is 30.5. The molecule has 0 radical (unpaired) electrons. The van der Waals surface area contributed by atoms with E-state index in [0.717, 1.165) is 41.8 Å². The topological polar surface area (TPSA) is 86.8 Å². The highest BCUT2D eigenvalue weighted by atomic mass is 35.5. The Labute approximate surface area is 240 Å². The van der Waals surface area contributed by atoms with Crippen molar-refractivity contribution in [3.8, 4) is 0 Å². The van der Waals surface area contributed by atoms with Crippen molar-refractivity contribution in [1.29, 1.82) is 0 Å². The Morgan fingerprint density at radius 3 is 2.37 bits per heavy atom. The third kappa shape index (κ3) is 8.50. The van der Waals surface area contributed by atoms with Crippen LogP contribution in [0.3, 0.4) is 0 Å². The van der Waals surface area contributed by atoms with Crippen LogP contribution in [0.25, 0.3) is 0 Å². The molecule has 0 aromatic heterocycles. The van der Waals surface area contributed by atoms with Crippen molar-refractivity contribution < 1.29 is 18.0 Å². The summed E-state index contributed by atoms with van der Waals surface area (Å²) in [5.41, 5.74) is 0.977. The molecule has 2 aromatic carbocycles. The molecule has 208 valence electrons. The highest BCUT2D eigenvalue weighted by Gasteiger charge is 2.29. The van der Waals surface area contributed by atoms with Crippen molar-refractivity contribution in [1.82, 2.24) is 10.2 Å². The van der Waals surface area contributed by atoms with Crippen LogP contribution in [0.15, 0.2) is 42.5 Å². The number of carbonyl (C=O) groups excluding carboxylic acids is 2. The summed E-state index contributed by atoms with van der Waals surface area (Å²) < 4.78 is 26.2. The number of nitrogens with zero attached hydrogens (tertiary/aromatic N) is 2. The van der Waals surface area contributed by atoms with E-state index in [0.29, 0.717) is 10.0 Å². The van der Waals surface area contributed by atoms with Gasteiger partial charge in [-0.05, 0) is 56.0 Å². The van der Waals surface area contributed by atoms with Gasteiger partial charge in [0.15, 0.2) is 0 Å². The summed E-state index contributed by atoms with van der Waals surface area (Å²) in [6.45, 7) is 1.89. The van der Waals surface area contributed by atoms with Crippen LogP contribution < -0.4 is 9.62 Å². The van der Waals surface area contributed by atoms with Gasteiger partial charge < -0.3 is 10.2 Å². The molecule has 0 unspecified atom stereocenters. The fraction of sp³-hybridized carbons (Fsp3) is 0.481. The molecule has 1 N–H and O–H groups in total. The Bertz CT molecular complexity index is 1240. The van der Waals surface area contributed by atoms with Gasteiger partial charge in [-0.1, -0.05) is 72.3 Å². The van der Waals surface area contributed by atoms with Gasteiger partial charge in [0.05, 0.1) is 17.0 Å². The first-order valence-corrected chi connectivity index (χ1v) is 15.7. The molecule has 1 aliphatic rings. The van der Waals surface area contributed by atoms with Gasteiger partial charge in [0, 0.05) is 35.6 Å². The number of hydrogen-bond acceptors (Lipinski definition) is 4. The Morgan fingerprint density at radius 2 is 1.71 bits per heavy atom. The maximum absolute atomic E-state index is 13.5. The third-order valence-electron chi connectivity index (χ3n) is 6.75. The Kier molecular flexibility index (Phi) is 11.2. The van der Waals surface area contributed by atoms with Crippen molar-refractivity contribution in [2.24, 2.45) is 0 Å². The molecule has 38 heavy (non-hydrogen) atoms. The van der Waals surface area contributed by atoms with Crippen LogP contribution in [0.1, 0.15) is 57.4 Å². The summed E-state index contributed by atoms with van der Waals surface area (Å²) in [5, 5.41) is 4.19. The molecular formula is C27H34Cl3N3O4S. The van der Waals surface area contributed by atoms with Crippen LogP contribution >= 0.6 is 34.8 Å². The van der Waals surface area contributed by atoms with Gasteiger partial charge in [-0.25, -0.2) is 8.42 Å². The number of amides is 2. The molecule has 0 aliphatic heterocycles. The molecule has 0 heterocycles. The maximum Gasteiger partial charge on any atom is 0.242 e. The standard InChI is InChI=1S/C27H34Cl3N3O4S/c1-19(27(35)31-22-10-4-3-5-11-22)32(18-20-9-6-7-12-23(20)29)26(34)13-8-16-33(38(2,36)37)25-17-21(28)14-15-24(25)30/h6-7,9,12,14-15,17,19,22H,3-5,8,10-11,13,16,18H2,1-2H3,(H,31,35)/t19-/m0/s1. The van der Waals surface area contributed by atoms with Gasteiger partial charge in [-0.2, -0.15) is 0 Å². The van der Waals surface area contributed by atoms with Crippen molar-refractivity contribution in [2.45, 2.75) is 70.5 Å². The lowest BCUT2D eigenvalue weighted by molar-refractivity contribution is -0.141. The van der Waals surface area contributed by atoms with Crippen LogP contribution in [0, 0.1) is 0 Å². The lowest BCUT2D eigenvalue weighted by atomic mass is 9.95. The largest absolute Gasteiger partial charge is 0.352 e. The summed E-state index contributed by atoms with van der Waals surface area (Å²) in [6.07, 6.45) is 6.51. The number of anilines is 1. The molecule has 2 aromatic rings. The molecule has 0 spiro atoms. The summed E-state index contributed by atoms with van der Waals surface area (Å²) in [7, 11) is -3.69. The number of rotatable bonds is 11. The molecule has 7 nitrogen and oxygen atoms in total. The fourth-order valence-electron chi connectivity index (χ4n) is 4.62. The molecule has 11 heteroatoms. The lowest BCUT2D eigenvalue weighted by Gasteiger charge is -2.32. The SMILES string of the molecule is C[C@@H](C(=O)NC1CCCCC1)N(Cc1ccccc1Cl)C(=O)CCCN(c1cc(Cl)ccc1Cl)S(C)(=O)=O. The Hall–Kier alpha value is -2.00. The van der Waals surface area contributed by atoms with Crippen LogP contribution in [0.4, 0.5) is 5.69 Å². The molecule has 1 aliphatic carbocycles. The lowest BCUT2D eigenvalue weighted by Crippen LogP contribution is -2.50. The summed E-state index contributed by atoms with van der Waals surface area (Å²) in [6, 6.07) is 11.2. The van der Waals surface area contributed by atoms with E-state index >= 15 is 0 Å². The Morgan fingerprint density at radius 1 is 1.03 bits per heavy atom. The summed E-state index contributed by atoms with van der Waals surface area (Å²) >= 11 is 18.7. The van der Waals surface area contributed by atoms with Gasteiger partial charge >= 0.3 is 0 Å². The van der Waals surface area contributed by atoms with Gasteiger partial charge in [0.25, 0.3) is 0 Å². The van der Waals surface area contributed by atoms with E-state index in [4.69, 9.17) is 34.8 Å². The quantitative estimate of drug-likeness (QED) is 0.339. The smallest absolute Gasteiger partial charge is 0.242 e. The van der Waals surface area contributed by atoms with Crippen molar-refractivity contribution >= 4 is 62.3 Å². The van der Waals surface area contributed by atoms with Crippen molar-refractivity contribution in [3.63, 3.8) is 0 Å². The van der Waals surface area contributed by atoms with E-state index in [1.54, 1.807) is 25.1 Å². The van der Waals surface area contributed by atoms with Crippen LogP contribution in [0.5, 0.6) is 0 Å². The van der Waals surface area contributed by atoms with Gasteiger partial charge in [-0.15, -0.1) is 0 Å². The number of hydrogen-bond donors (Lipinski definition) is 1. The second-order valence-corrected chi connectivity index (χ2v) is 12.8. The first-order chi connectivity index (χ1) is 18.0. The minimum atomic E-state index is -3.69. The molecule has 1 fully saturated rings. The molecule has 1 saturated carbocycles. The minimum Gasteiger partial charge on any atom is -0.352 e. The van der Waals surface area contributed by atoms with Crippen LogP contribution in [-0.4, -0.2) is 50.0 Å². The number of sulfonamides is 1. The van der Waals surface area contributed by atoms with E-state index in [1.165, 1.54) is 23.5 Å². The fourth-order valence-corrected chi connectivity index (χ4v) is 6.22. The summed E-state index contributed by atoms with van der Waals surface area (Å²) in [4.78, 5) is 28.1. The Balaban J connectivity index is 1.75. The monoisotopic (exact) mass is 601 g/mol. The van der Waals surface area contributed by atoms with E-state index in [-0.39, 0.29) is 54.5 Å². The number of nitrogens with one attached hydrogen (secondary N) is 1. The average Bonchev–Trinajstić information content (AvgIpc) is 2.87. The normalized spacial score (nSPS) is 15.1. The molecular weight excluding hydrogens is 569 g/mol. The van der Waals surface area contributed by atoms with Crippen LogP contribution in [0.2, 0.25) is 15.1 Å². The molecule has 0 bridgehead atoms.